The van der Waals surface area contributed by atoms with E-state index in [2.05, 4.69) is 34.2 Å². The second-order valence-corrected chi connectivity index (χ2v) is 6.51. The van der Waals surface area contributed by atoms with Crippen molar-refractivity contribution in [3.8, 4) is 11.5 Å². The number of carbonyl (C=O) groups is 1. The van der Waals surface area contributed by atoms with Gasteiger partial charge in [-0.1, -0.05) is 19.4 Å². The van der Waals surface area contributed by atoms with E-state index in [1.165, 1.54) is 12.0 Å². The average Bonchev–Trinajstić information content (AvgIpc) is 2.62. The minimum absolute atomic E-state index is 0.0436. The maximum Gasteiger partial charge on any atom is 0.262 e. The summed E-state index contributed by atoms with van der Waals surface area (Å²) in [5, 5.41) is 2.86. The van der Waals surface area contributed by atoms with Gasteiger partial charge >= 0.3 is 0 Å². The molecule has 0 heterocycles. The minimum Gasteiger partial charge on any atom is -0.494 e. The van der Waals surface area contributed by atoms with E-state index < -0.39 is 0 Å². The molecule has 0 aliphatic carbocycles. The first kappa shape index (κ1) is 19.3. The normalized spacial score (nSPS) is 10.4. The van der Waals surface area contributed by atoms with Gasteiger partial charge in [-0.15, -0.1) is 0 Å². The molecule has 0 bridgehead atoms. The minimum atomic E-state index is -0.198. The molecule has 5 heteroatoms. The number of halogens is 1. The van der Waals surface area contributed by atoms with Crippen molar-refractivity contribution in [2.45, 2.75) is 33.1 Å². The fourth-order valence-corrected chi connectivity index (χ4v) is 2.86. The number of rotatable bonds is 9. The van der Waals surface area contributed by atoms with E-state index in [-0.39, 0.29) is 12.5 Å². The first-order chi connectivity index (χ1) is 12.1. The molecule has 2 aromatic carbocycles. The molecule has 0 saturated heterocycles. The van der Waals surface area contributed by atoms with E-state index in [0.29, 0.717) is 12.4 Å². The van der Waals surface area contributed by atoms with Crippen molar-refractivity contribution in [1.29, 1.82) is 0 Å². The van der Waals surface area contributed by atoms with Crippen LogP contribution < -0.4 is 14.8 Å². The Labute approximate surface area is 157 Å². The fraction of sp³-hybridized carbons (Fsp3) is 0.350. The Balaban J connectivity index is 1.85. The topological polar surface area (TPSA) is 47.6 Å². The summed E-state index contributed by atoms with van der Waals surface area (Å²) in [6.07, 6.45) is 3.37. The Hall–Kier alpha value is -2.01. The average molecular weight is 406 g/mol. The number of benzene rings is 2. The van der Waals surface area contributed by atoms with E-state index in [1.807, 2.05) is 31.2 Å². The lowest BCUT2D eigenvalue weighted by Gasteiger charge is -2.11. The molecular weight excluding hydrogens is 382 g/mol. The molecular formula is C20H24BrNO3. The van der Waals surface area contributed by atoms with Crippen LogP contribution in [0.15, 0.2) is 46.9 Å². The van der Waals surface area contributed by atoms with Crippen LogP contribution in [0.2, 0.25) is 0 Å². The summed E-state index contributed by atoms with van der Waals surface area (Å²) < 4.78 is 11.8. The molecule has 2 rings (SSSR count). The second-order valence-electron chi connectivity index (χ2n) is 5.66. The van der Waals surface area contributed by atoms with Crippen LogP contribution in [-0.4, -0.2) is 19.1 Å². The first-order valence-electron chi connectivity index (χ1n) is 8.56. The van der Waals surface area contributed by atoms with Crippen LogP contribution in [0.4, 0.5) is 5.69 Å². The van der Waals surface area contributed by atoms with Crippen LogP contribution in [-0.2, 0) is 11.2 Å². The maximum absolute atomic E-state index is 12.1. The van der Waals surface area contributed by atoms with Crippen LogP contribution in [0, 0.1) is 0 Å². The van der Waals surface area contributed by atoms with Crippen molar-refractivity contribution in [3.05, 3.63) is 52.5 Å². The van der Waals surface area contributed by atoms with Gasteiger partial charge in [-0.2, -0.15) is 0 Å². The van der Waals surface area contributed by atoms with E-state index in [4.69, 9.17) is 9.47 Å². The van der Waals surface area contributed by atoms with Gasteiger partial charge in [0.25, 0.3) is 5.91 Å². The standard InChI is InChI=1S/C20H24BrNO3/c1-3-5-6-15-7-12-19(18(21)13-15)22-20(23)14-25-17-10-8-16(9-11-17)24-4-2/h7-13H,3-6,14H2,1-2H3,(H,22,23). The van der Waals surface area contributed by atoms with E-state index in [0.717, 1.165) is 28.8 Å². The van der Waals surface area contributed by atoms with Crippen LogP contribution in [0.5, 0.6) is 11.5 Å². The molecule has 0 aromatic heterocycles. The largest absolute Gasteiger partial charge is 0.494 e. The van der Waals surface area contributed by atoms with E-state index >= 15 is 0 Å². The lowest BCUT2D eigenvalue weighted by molar-refractivity contribution is -0.118. The first-order valence-corrected chi connectivity index (χ1v) is 9.35. The SMILES string of the molecule is CCCCc1ccc(NC(=O)COc2ccc(OCC)cc2)c(Br)c1. The Morgan fingerprint density at radius 2 is 1.72 bits per heavy atom. The molecule has 1 amide bonds. The van der Waals surface area contributed by atoms with Crippen molar-refractivity contribution >= 4 is 27.5 Å². The molecule has 1 N–H and O–H groups in total. The van der Waals surface area contributed by atoms with Crippen molar-refractivity contribution in [2.75, 3.05) is 18.5 Å². The Morgan fingerprint density at radius 1 is 1.04 bits per heavy atom. The summed E-state index contributed by atoms with van der Waals surface area (Å²) in [5.74, 6) is 1.22. The van der Waals surface area contributed by atoms with E-state index in [1.54, 1.807) is 12.1 Å². The van der Waals surface area contributed by atoms with Gasteiger partial charge in [-0.3, -0.25) is 4.79 Å². The molecule has 0 aliphatic rings. The summed E-state index contributed by atoms with van der Waals surface area (Å²) in [6.45, 7) is 4.68. The quantitative estimate of drug-likeness (QED) is 0.622. The van der Waals surface area contributed by atoms with Crippen molar-refractivity contribution in [1.82, 2.24) is 0 Å². The molecule has 4 nitrogen and oxygen atoms in total. The summed E-state index contributed by atoms with van der Waals surface area (Å²) in [5.41, 5.74) is 2.01. The molecule has 0 atom stereocenters. The van der Waals surface area contributed by atoms with Gasteiger partial charge in [-0.05, 0) is 77.7 Å². The van der Waals surface area contributed by atoms with Crippen molar-refractivity contribution < 1.29 is 14.3 Å². The van der Waals surface area contributed by atoms with Crippen LogP contribution in [0.25, 0.3) is 0 Å². The smallest absolute Gasteiger partial charge is 0.262 e. The predicted molar refractivity (Wildman–Crippen MR) is 104 cm³/mol. The summed E-state index contributed by atoms with van der Waals surface area (Å²) in [6, 6.07) is 13.2. The highest BCUT2D eigenvalue weighted by atomic mass is 79.9. The van der Waals surface area contributed by atoms with Crippen LogP contribution in [0.3, 0.4) is 0 Å². The van der Waals surface area contributed by atoms with Gasteiger partial charge in [-0.25, -0.2) is 0 Å². The molecule has 0 saturated carbocycles. The Morgan fingerprint density at radius 3 is 2.32 bits per heavy atom. The number of carbonyl (C=O) groups excluding carboxylic acids is 1. The lowest BCUT2D eigenvalue weighted by atomic mass is 10.1. The summed E-state index contributed by atoms with van der Waals surface area (Å²) in [4.78, 5) is 12.1. The number of unbranched alkanes of at least 4 members (excludes halogenated alkanes) is 1. The Kier molecular flexibility index (Phi) is 7.79. The Bertz CT molecular complexity index is 686. The van der Waals surface area contributed by atoms with Gasteiger partial charge < -0.3 is 14.8 Å². The van der Waals surface area contributed by atoms with Gasteiger partial charge in [0, 0.05) is 4.47 Å². The number of nitrogens with one attached hydrogen (secondary N) is 1. The number of amides is 1. The zero-order valence-corrected chi connectivity index (χ0v) is 16.3. The molecule has 0 fully saturated rings. The highest BCUT2D eigenvalue weighted by Crippen LogP contribution is 2.24. The van der Waals surface area contributed by atoms with E-state index in [9.17, 15) is 4.79 Å². The third-order valence-corrected chi connectivity index (χ3v) is 4.29. The highest BCUT2D eigenvalue weighted by molar-refractivity contribution is 9.10. The van der Waals surface area contributed by atoms with Gasteiger partial charge in [0.05, 0.1) is 12.3 Å². The lowest BCUT2D eigenvalue weighted by Crippen LogP contribution is -2.20. The molecule has 0 aliphatic heterocycles. The molecule has 134 valence electrons. The molecule has 2 aromatic rings. The third-order valence-electron chi connectivity index (χ3n) is 3.63. The molecule has 0 spiro atoms. The summed E-state index contributed by atoms with van der Waals surface area (Å²) >= 11 is 3.52. The van der Waals surface area contributed by atoms with Gasteiger partial charge in [0.2, 0.25) is 0 Å². The predicted octanol–water partition coefficient (Wildman–Crippen LogP) is 5.21. The summed E-state index contributed by atoms with van der Waals surface area (Å²) in [7, 11) is 0. The number of ether oxygens (including phenoxy) is 2. The number of aryl methyl sites for hydroxylation is 1. The highest BCUT2D eigenvalue weighted by Gasteiger charge is 2.08. The van der Waals surface area contributed by atoms with Crippen LogP contribution >= 0.6 is 15.9 Å². The van der Waals surface area contributed by atoms with Crippen LogP contribution in [0.1, 0.15) is 32.3 Å². The number of hydrogen-bond acceptors (Lipinski definition) is 3. The molecule has 0 unspecified atom stereocenters. The second kappa shape index (κ2) is 10.1. The number of hydrogen-bond donors (Lipinski definition) is 1. The molecule has 25 heavy (non-hydrogen) atoms. The zero-order valence-electron chi connectivity index (χ0n) is 14.7. The fourth-order valence-electron chi connectivity index (χ4n) is 2.33. The van der Waals surface area contributed by atoms with Gasteiger partial charge in [0.1, 0.15) is 11.5 Å². The maximum atomic E-state index is 12.1. The van der Waals surface area contributed by atoms with Crippen molar-refractivity contribution in [3.63, 3.8) is 0 Å². The zero-order chi connectivity index (χ0) is 18.1. The van der Waals surface area contributed by atoms with Crippen molar-refractivity contribution in [2.24, 2.45) is 0 Å². The molecule has 0 radical (unpaired) electrons. The third kappa shape index (κ3) is 6.42. The monoisotopic (exact) mass is 405 g/mol. The van der Waals surface area contributed by atoms with Gasteiger partial charge in [0.15, 0.2) is 6.61 Å². The number of anilines is 1.